The molecule has 3 nitrogen and oxygen atoms in total. The highest BCUT2D eigenvalue weighted by Gasteiger charge is 2.23. The summed E-state index contributed by atoms with van der Waals surface area (Å²) in [6.07, 6.45) is 3.19. The van der Waals surface area contributed by atoms with E-state index in [-0.39, 0.29) is 16.8 Å². The third-order valence-corrected chi connectivity index (χ3v) is 4.39. The predicted molar refractivity (Wildman–Crippen MR) is 112 cm³/mol. The van der Waals surface area contributed by atoms with E-state index in [1.807, 2.05) is 36.4 Å². The Morgan fingerprint density at radius 1 is 0.889 bits per heavy atom. The summed E-state index contributed by atoms with van der Waals surface area (Å²) in [7, 11) is 1.62. The maximum atomic E-state index is 12.3. The molecule has 0 aromatic heterocycles. The highest BCUT2D eigenvalue weighted by Crippen LogP contribution is 2.35. The Morgan fingerprint density at radius 2 is 1.52 bits per heavy atom. The molecule has 0 fully saturated rings. The van der Waals surface area contributed by atoms with Crippen molar-refractivity contribution >= 4 is 12.0 Å². The molecule has 144 valence electrons. The molecule has 0 aliphatic carbocycles. The second-order valence-corrected chi connectivity index (χ2v) is 8.74. The molecule has 2 rings (SSSR count). The smallest absolute Gasteiger partial charge is 0.336 e. The van der Waals surface area contributed by atoms with Crippen LogP contribution in [-0.2, 0) is 15.6 Å². The second-order valence-electron chi connectivity index (χ2n) is 8.74. The van der Waals surface area contributed by atoms with Crippen molar-refractivity contribution in [2.45, 2.75) is 52.4 Å². The van der Waals surface area contributed by atoms with Gasteiger partial charge in [0.15, 0.2) is 0 Å². The Morgan fingerprint density at radius 3 is 2.04 bits per heavy atom. The number of hydrogen-bond acceptors (Lipinski definition) is 3. The number of rotatable bonds is 4. The van der Waals surface area contributed by atoms with Crippen molar-refractivity contribution in [1.29, 1.82) is 0 Å². The first-order valence-corrected chi connectivity index (χ1v) is 9.19. The van der Waals surface area contributed by atoms with Crippen molar-refractivity contribution in [2.75, 3.05) is 7.11 Å². The fourth-order valence-electron chi connectivity index (χ4n) is 2.69. The van der Waals surface area contributed by atoms with Crippen LogP contribution in [0.5, 0.6) is 11.5 Å². The maximum Gasteiger partial charge on any atom is 0.336 e. The van der Waals surface area contributed by atoms with E-state index in [9.17, 15) is 4.79 Å². The predicted octanol–water partition coefficient (Wildman–Crippen LogP) is 5.91. The van der Waals surface area contributed by atoms with Crippen LogP contribution in [0.3, 0.4) is 0 Å². The van der Waals surface area contributed by atoms with Gasteiger partial charge in [0.25, 0.3) is 0 Å². The molecule has 0 atom stereocenters. The first kappa shape index (κ1) is 20.8. The highest BCUT2D eigenvalue weighted by atomic mass is 16.5. The zero-order valence-corrected chi connectivity index (χ0v) is 17.4. The van der Waals surface area contributed by atoms with Crippen molar-refractivity contribution in [1.82, 2.24) is 0 Å². The van der Waals surface area contributed by atoms with E-state index in [1.165, 1.54) is 11.6 Å². The molecule has 0 heterocycles. The Kier molecular flexibility index (Phi) is 6.15. The third-order valence-electron chi connectivity index (χ3n) is 4.39. The number of carbonyl (C=O) groups excluding carboxylic acids is 1. The summed E-state index contributed by atoms with van der Waals surface area (Å²) in [5, 5.41) is 0. The summed E-state index contributed by atoms with van der Waals surface area (Å²) in [6.45, 7) is 12.9. The number of ether oxygens (including phenoxy) is 2. The van der Waals surface area contributed by atoms with Crippen molar-refractivity contribution in [2.24, 2.45) is 0 Å². The molecular weight excluding hydrogens is 336 g/mol. The van der Waals surface area contributed by atoms with Gasteiger partial charge in [-0.15, -0.1) is 0 Å². The zero-order valence-electron chi connectivity index (χ0n) is 17.4. The first-order valence-electron chi connectivity index (χ1n) is 9.19. The lowest BCUT2D eigenvalue weighted by molar-refractivity contribution is -0.128. The van der Waals surface area contributed by atoms with Gasteiger partial charge >= 0.3 is 5.97 Å². The topological polar surface area (TPSA) is 35.5 Å². The fourth-order valence-corrected chi connectivity index (χ4v) is 2.69. The van der Waals surface area contributed by atoms with Crippen LogP contribution >= 0.6 is 0 Å². The number of carbonyl (C=O) groups is 1. The number of hydrogen-bond donors (Lipinski definition) is 0. The van der Waals surface area contributed by atoms with Crippen LogP contribution < -0.4 is 9.47 Å². The number of benzene rings is 2. The minimum absolute atomic E-state index is 0.0385. The van der Waals surface area contributed by atoms with E-state index in [0.29, 0.717) is 5.75 Å². The van der Waals surface area contributed by atoms with Gasteiger partial charge in [-0.3, -0.25) is 0 Å². The molecule has 0 unspecified atom stereocenters. The minimum atomic E-state index is -0.389. The summed E-state index contributed by atoms with van der Waals surface area (Å²) < 4.78 is 10.8. The maximum absolute atomic E-state index is 12.3. The van der Waals surface area contributed by atoms with Crippen molar-refractivity contribution in [3.05, 3.63) is 65.2 Å². The third kappa shape index (κ3) is 5.72. The molecule has 2 aromatic rings. The van der Waals surface area contributed by atoms with Crippen LogP contribution in [0.25, 0.3) is 6.08 Å². The molecule has 0 aliphatic heterocycles. The molecule has 0 N–H and O–H groups in total. The molecule has 3 heteroatoms. The van der Waals surface area contributed by atoms with Crippen LogP contribution in [0, 0.1) is 0 Å². The molecule has 2 aromatic carbocycles. The molecule has 0 saturated heterocycles. The molecule has 0 bridgehead atoms. The molecule has 0 spiro atoms. The monoisotopic (exact) mass is 366 g/mol. The van der Waals surface area contributed by atoms with Gasteiger partial charge in [-0.05, 0) is 46.2 Å². The Hall–Kier alpha value is -2.55. The molecule has 0 radical (unpaired) electrons. The fraction of sp³-hybridized carbons (Fsp3) is 0.375. The van der Waals surface area contributed by atoms with Crippen molar-refractivity contribution in [3.63, 3.8) is 0 Å². The molecular formula is C24H30O3. The largest absolute Gasteiger partial charge is 0.497 e. The van der Waals surface area contributed by atoms with Gasteiger partial charge < -0.3 is 9.47 Å². The summed E-state index contributed by atoms with van der Waals surface area (Å²) in [4.78, 5) is 12.3. The van der Waals surface area contributed by atoms with Crippen LogP contribution in [0.1, 0.15) is 58.2 Å². The van der Waals surface area contributed by atoms with Gasteiger partial charge in [-0.25, -0.2) is 4.79 Å². The van der Waals surface area contributed by atoms with Gasteiger partial charge in [-0.2, -0.15) is 0 Å². The van der Waals surface area contributed by atoms with E-state index < -0.39 is 0 Å². The SMILES string of the molecule is COc1ccc(C=CC(=O)Oc2ccc(C(C)(C)C)cc2C(C)(C)C)cc1. The van der Waals surface area contributed by atoms with Gasteiger partial charge in [0, 0.05) is 11.6 Å². The zero-order chi connectivity index (χ0) is 20.2. The quantitative estimate of drug-likeness (QED) is 0.383. The summed E-state index contributed by atoms with van der Waals surface area (Å²) in [5.41, 5.74) is 3.07. The lowest BCUT2D eigenvalue weighted by Gasteiger charge is -2.26. The van der Waals surface area contributed by atoms with E-state index >= 15 is 0 Å². The average molecular weight is 367 g/mol. The van der Waals surface area contributed by atoms with Gasteiger partial charge in [-0.1, -0.05) is 65.8 Å². The van der Waals surface area contributed by atoms with Gasteiger partial charge in [0.1, 0.15) is 11.5 Å². The van der Waals surface area contributed by atoms with Crippen molar-refractivity contribution < 1.29 is 14.3 Å². The Balaban J connectivity index is 2.22. The van der Waals surface area contributed by atoms with Crippen molar-refractivity contribution in [3.8, 4) is 11.5 Å². The lowest BCUT2D eigenvalue weighted by atomic mass is 9.80. The second kappa shape index (κ2) is 7.99. The summed E-state index contributed by atoms with van der Waals surface area (Å²) in [6, 6.07) is 13.6. The van der Waals surface area contributed by atoms with E-state index in [4.69, 9.17) is 9.47 Å². The van der Waals surface area contributed by atoms with Gasteiger partial charge in [0.2, 0.25) is 0 Å². The molecule has 0 saturated carbocycles. The van der Waals surface area contributed by atoms with Crippen LogP contribution in [0.15, 0.2) is 48.5 Å². The molecule has 0 amide bonds. The number of methoxy groups -OCH3 is 1. The lowest BCUT2D eigenvalue weighted by Crippen LogP contribution is -2.18. The summed E-state index contributed by atoms with van der Waals surface area (Å²) in [5.74, 6) is 1.00. The highest BCUT2D eigenvalue weighted by molar-refractivity contribution is 5.89. The first-order chi connectivity index (χ1) is 12.5. The van der Waals surface area contributed by atoms with Crippen LogP contribution in [0.2, 0.25) is 0 Å². The standard InChI is InChI=1S/C24H30O3/c1-23(2,3)18-11-14-21(20(16-18)24(4,5)6)27-22(25)15-10-17-8-12-19(26-7)13-9-17/h8-16H,1-7H3. The van der Waals surface area contributed by atoms with Crippen LogP contribution in [-0.4, -0.2) is 13.1 Å². The molecule has 0 aliphatic rings. The average Bonchev–Trinajstić information content (AvgIpc) is 2.59. The normalized spacial score (nSPS) is 12.3. The van der Waals surface area contributed by atoms with E-state index in [1.54, 1.807) is 13.2 Å². The summed E-state index contributed by atoms with van der Waals surface area (Å²) >= 11 is 0. The number of esters is 1. The van der Waals surface area contributed by atoms with E-state index in [0.717, 1.165) is 16.9 Å². The van der Waals surface area contributed by atoms with Gasteiger partial charge in [0.05, 0.1) is 7.11 Å². The Labute approximate surface area is 163 Å². The van der Waals surface area contributed by atoms with E-state index in [2.05, 4.69) is 47.6 Å². The minimum Gasteiger partial charge on any atom is -0.497 e. The Bertz CT molecular complexity index is 816. The molecule has 27 heavy (non-hydrogen) atoms. The van der Waals surface area contributed by atoms with Crippen LogP contribution in [0.4, 0.5) is 0 Å².